The van der Waals surface area contributed by atoms with Gasteiger partial charge in [0.1, 0.15) is 0 Å². The molecule has 0 spiro atoms. The van der Waals surface area contributed by atoms with Crippen LogP contribution in [0.3, 0.4) is 0 Å². The van der Waals surface area contributed by atoms with E-state index < -0.39 is 11.8 Å². The third kappa shape index (κ3) is 4.56. The highest BCUT2D eigenvalue weighted by molar-refractivity contribution is 5.75. The first-order chi connectivity index (χ1) is 12.1. The highest BCUT2D eigenvalue weighted by Gasteiger charge is 2.33. The summed E-state index contributed by atoms with van der Waals surface area (Å²) >= 11 is 0. The summed E-state index contributed by atoms with van der Waals surface area (Å²) in [7, 11) is 0. The monoisotopic (exact) mass is 351 g/mol. The van der Waals surface area contributed by atoms with E-state index in [4.69, 9.17) is 4.74 Å². The average Bonchev–Trinajstić information content (AvgIpc) is 2.65. The lowest BCUT2D eigenvalue weighted by atomic mass is 9.69. The fourth-order valence-corrected chi connectivity index (χ4v) is 4.55. The first-order valence-electron chi connectivity index (χ1n) is 9.59. The van der Waals surface area contributed by atoms with Crippen LogP contribution in [0.1, 0.15) is 64.7 Å². The SMILES string of the molecule is CC[C@H]1CC[C@H](C2CCC(C(=O)Oc3cnc(F)c(F)c3)CC2)CC1. The number of carbonyl (C=O) groups excluding carboxylic acids is 1. The third-order valence-electron chi connectivity index (χ3n) is 6.23. The molecule has 5 heteroatoms. The van der Waals surface area contributed by atoms with Gasteiger partial charge in [-0.2, -0.15) is 4.39 Å². The minimum absolute atomic E-state index is 0.0242. The Bertz CT molecular complexity index is 591. The van der Waals surface area contributed by atoms with Gasteiger partial charge in [-0.3, -0.25) is 4.79 Å². The molecular formula is C20H27F2NO2. The van der Waals surface area contributed by atoms with Crippen molar-refractivity contribution in [1.29, 1.82) is 0 Å². The molecule has 2 saturated carbocycles. The fraction of sp³-hybridized carbons (Fsp3) is 0.700. The standard InChI is InChI=1S/C20H27F2NO2/c1-2-13-3-5-14(6-4-13)15-7-9-16(10-8-15)20(24)25-17-11-18(21)19(22)23-12-17/h11-16H,2-10H2,1H3/t13-,14-,15?,16?. The van der Waals surface area contributed by atoms with Crippen LogP contribution in [0.5, 0.6) is 5.75 Å². The quantitative estimate of drug-likeness (QED) is 0.547. The van der Waals surface area contributed by atoms with E-state index in [1.165, 1.54) is 32.1 Å². The van der Waals surface area contributed by atoms with Gasteiger partial charge in [0.05, 0.1) is 12.1 Å². The zero-order valence-corrected chi connectivity index (χ0v) is 14.8. The Morgan fingerprint density at radius 2 is 1.68 bits per heavy atom. The van der Waals surface area contributed by atoms with Crippen molar-refractivity contribution in [2.45, 2.75) is 64.7 Å². The van der Waals surface area contributed by atoms with E-state index in [0.29, 0.717) is 0 Å². The molecule has 0 N–H and O–H groups in total. The molecule has 0 amide bonds. The topological polar surface area (TPSA) is 39.2 Å². The Balaban J connectivity index is 1.47. The maximum Gasteiger partial charge on any atom is 0.314 e. The highest BCUT2D eigenvalue weighted by atomic mass is 19.2. The minimum Gasteiger partial charge on any atom is -0.425 e. The summed E-state index contributed by atoms with van der Waals surface area (Å²) in [6.07, 6.45) is 11.5. The van der Waals surface area contributed by atoms with Gasteiger partial charge in [0.2, 0.25) is 5.95 Å². The van der Waals surface area contributed by atoms with Crippen LogP contribution in [0, 0.1) is 35.4 Å². The smallest absolute Gasteiger partial charge is 0.314 e. The summed E-state index contributed by atoms with van der Waals surface area (Å²) in [5, 5.41) is 0. The summed E-state index contributed by atoms with van der Waals surface area (Å²) in [4.78, 5) is 15.5. The summed E-state index contributed by atoms with van der Waals surface area (Å²) in [6.45, 7) is 2.28. The molecule has 25 heavy (non-hydrogen) atoms. The van der Waals surface area contributed by atoms with Crippen LogP contribution in [0.15, 0.2) is 12.3 Å². The van der Waals surface area contributed by atoms with Gasteiger partial charge in [-0.15, -0.1) is 0 Å². The van der Waals surface area contributed by atoms with Crippen LogP contribution in [0.25, 0.3) is 0 Å². The van der Waals surface area contributed by atoms with Crippen LogP contribution < -0.4 is 4.74 Å². The number of carbonyl (C=O) groups is 1. The first-order valence-corrected chi connectivity index (χ1v) is 9.59. The molecule has 1 aromatic rings. The van der Waals surface area contributed by atoms with Crippen molar-refractivity contribution in [3.63, 3.8) is 0 Å². The van der Waals surface area contributed by atoms with Gasteiger partial charge in [0.15, 0.2) is 11.6 Å². The van der Waals surface area contributed by atoms with E-state index in [0.717, 1.165) is 55.7 Å². The summed E-state index contributed by atoms with van der Waals surface area (Å²) in [6, 6.07) is 0.873. The maximum atomic E-state index is 13.2. The Morgan fingerprint density at radius 3 is 2.24 bits per heavy atom. The van der Waals surface area contributed by atoms with Gasteiger partial charge < -0.3 is 4.74 Å². The Morgan fingerprint density at radius 1 is 1.08 bits per heavy atom. The van der Waals surface area contributed by atoms with Gasteiger partial charge in [0, 0.05) is 6.07 Å². The van der Waals surface area contributed by atoms with Crippen molar-refractivity contribution < 1.29 is 18.3 Å². The van der Waals surface area contributed by atoms with Crippen molar-refractivity contribution in [2.24, 2.45) is 23.7 Å². The number of ether oxygens (including phenoxy) is 1. The maximum absolute atomic E-state index is 13.2. The van der Waals surface area contributed by atoms with E-state index in [1.807, 2.05) is 0 Å². The molecular weight excluding hydrogens is 324 g/mol. The van der Waals surface area contributed by atoms with Crippen molar-refractivity contribution in [2.75, 3.05) is 0 Å². The zero-order valence-electron chi connectivity index (χ0n) is 14.8. The molecule has 0 unspecified atom stereocenters. The predicted molar refractivity (Wildman–Crippen MR) is 91.0 cm³/mol. The molecule has 0 bridgehead atoms. The molecule has 0 aliphatic heterocycles. The Hall–Kier alpha value is -1.52. The van der Waals surface area contributed by atoms with E-state index in [2.05, 4.69) is 11.9 Å². The molecule has 138 valence electrons. The lowest BCUT2D eigenvalue weighted by Crippen LogP contribution is -2.30. The van der Waals surface area contributed by atoms with Crippen molar-refractivity contribution in [3.05, 3.63) is 24.0 Å². The number of hydrogen-bond donors (Lipinski definition) is 0. The van der Waals surface area contributed by atoms with E-state index >= 15 is 0 Å². The molecule has 2 aliphatic carbocycles. The molecule has 0 radical (unpaired) electrons. The first kappa shape index (κ1) is 18.3. The summed E-state index contributed by atoms with van der Waals surface area (Å²) in [5.74, 6) is -0.342. The van der Waals surface area contributed by atoms with Crippen LogP contribution in [0.4, 0.5) is 8.78 Å². The molecule has 0 atom stereocenters. The van der Waals surface area contributed by atoms with Gasteiger partial charge in [-0.05, 0) is 56.3 Å². The molecule has 0 aromatic carbocycles. The Labute approximate surface area is 148 Å². The van der Waals surface area contributed by atoms with Crippen LogP contribution in [-0.4, -0.2) is 11.0 Å². The van der Waals surface area contributed by atoms with E-state index in [1.54, 1.807) is 0 Å². The zero-order chi connectivity index (χ0) is 17.8. The molecule has 1 heterocycles. The van der Waals surface area contributed by atoms with Crippen molar-refractivity contribution in [3.8, 4) is 5.75 Å². The minimum atomic E-state index is -1.18. The van der Waals surface area contributed by atoms with Gasteiger partial charge in [-0.25, -0.2) is 9.37 Å². The Kier molecular flexibility index (Phi) is 6.02. The fourth-order valence-electron chi connectivity index (χ4n) is 4.55. The van der Waals surface area contributed by atoms with Crippen LogP contribution in [0.2, 0.25) is 0 Å². The second kappa shape index (κ2) is 8.24. The van der Waals surface area contributed by atoms with E-state index in [-0.39, 0.29) is 17.6 Å². The largest absolute Gasteiger partial charge is 0.425 e. The second-order valence-electron chi connectivity index (χ2n) is 7.67. The molecule has 2 aliphatic rings. The summed E-state index contributed by atoms with van der Waals surface area (Å²) < 4.78 is 31.2. The normalized spacial score (nSPS) is 30.0. The number of rotatable bonds is 4. The lowest BCUT2D eigenvalue weighted by molar-refractivity contribution is -0.140. The molecule has 1 aromatic heterocycles. The molecule has 0 saturated heterocycles. The third-order valence-corrected chi connectivity index (χ3v) is 6.23. The second-order valence-corrected chi connectivity index (χ2v) is 7.67. The number of aromatic nitrogens is 1. The number of pyridine rings is 1. The predicted octanol–water partition coefficient (Wildman–Crippen LogP) is 5.29. The average molecular weight is 351 g/mol. The van der Waals surface area contributed by atoms with Crippen molar-refractivity contribution >= 4 is 5.97 Å². The number of esters is 1. The van der Waals surface area contributed by atoms with Gasteiger partial charge in [0.25, 0.3) is 0 Å². The highest BCUT2D eigenvalue weighted by Crippen LogP contribution is 2.42. The molecule has 2 fully saturated rings. The summed E-state index contributed by atoms with van der Waals surface area (Å²) in [5.41, 5.74) is 0. The van der Waals surface area contributed by atoms with Gasteiger partial charge >= 0.3 is 5.97 Å². The number of hydrogen-bond acceptors (Lipinski definition) is 3. The lowest BCUT2D eigenvalue weighted by Gasteiger charge is -2.37. The van der Waals surface area contributed by atoms with Crippen molar-refractivity contribution in [1.82, 2.24) is 4.98 Å². The molecule has 3 rings (SSSR count). The van der Waals surface area contributed by atoms with Crippen LogP contribution in [-0.2, 0) is 4.79 Å². The van der Waals surface area contributed by atoms with Crippen LogP contribution >= 0.6 is 0 Å². The van der Waals surface area contributed by atoms with Gasteiger partial charge in [-0.1, -0.05) is 26.2 Å². The van der Waals surface area contributed by atoms with E-state index in [9.17, 15) is 13.6 Å². The number of nitrogens with zero attached hydrogens (tertiary/aromatic N) is 1. The molecule has 3 nitrogen and oxygen atoms in total. The number of halogens is 2.